The first-order chi connectivity index (χ1) is 6.66. The summed E-state index contributed by atoms with van der Waals surface area (Å²) in [6.45, 7) is 3.30. The zero-order valence-electron chi connectivity index (χ0n) is 8.68. The molecule has 0 radical (unpaired) electrons. The maximum Gasteiger partial charge on any atom is 0.123 e. The maximum absolute atomic E-state index is 12.7. The lowest BCUT2D eigenvalue weighted by molar-refractivity contribution is 0.607. The zero-order chi connectivity index (χ0) is 10.2. The SMILES string of the molecule is CNCC1CC1(C)c1ccc(F)cc1. The molecule has 1 fully saturated rings. The quantitative estimate of drug-likeness (QED) is 0.776. The summed E-state index contributed by atoms with van der Waals surface area (Å²) < 4.78 is 12.7. The van der Waals surface area contributed by atoms with Gasteiger partial charge in [-0.1, -0.05) is 19.1 Å². The molecule has 1 aromatic rings. The van der Waals surface area contributed by atoms with E-state index in [0.29, 0.717) is 5.92 Å². The average Bonchev–Trinajstić information content (AvgIpc) is 2.80. The summed E-state index contributed by atoms with van der Waals surface area (Å²) in [5.41, 5.74) is 1.54. The number of rotatable bonds is 3. The van der Waals surface area contributed by atoms with E-state index in [1.807, 2.05) is 19.2 Å². The van der Waals surface area contributed by atoms with Crippen molar-refractivity contribution in [2.45, 2.75) is 18.8 Å². The van der Waals surface area contributed by atoms with Crippen LogP contribution in [0.15, 0.2) is 24.3 Å². The molecule has 76 valence electrons. The van der Waals surface area contributed by atoms with Crippen LogP contribution >= 0.6 is 0 Å². The molecule has 2 unspecified atom stereocenters. The number of benzene rings is 1. The molecule has 14 heavy (non-hydrogen) atoms. The Labute approximate surface area is 84.3 Å². The van der Waals surface area contributed by atoms with Crippen molar-refractivity contribution in [3.8, 4) is 0 Å². The standard InChI is InChI=1S/C12H16FN/c1-12(7-10(12)8-14-2)9-3-5-11(13)6-4-9/h3-6,10,14H,7-8H2,1-2H3. The third kappa shape index (κ3) is 1.55. The van der Waals surface area contributed by atoms with Gasteiger partial charge in [0, 0.05) is 0 Å². The lowest BCUT2D eigenvalue weighted by atomic mass is 9.95. The van der Waals surface area contributed by atoms with Gasteiger partial charge in [0.2, 0.25) is 0 Å². The van der Waals surface area contributed by atoms with Crippen molar-refractivity contribution >= 4 is 0 Å². The summed E-state index contributed by atoms with van der Waals surface area (Å²) >= 11 is 0. The van der Waals surface area contributed by atoms with Crippen LogP contribution in [0.25, 0.3) is 0 Å². The second kappa shape index (κ2) is 3.35. The summed E-state index contributed by atoms with van der Waals surface area (Å²) in [4.78, 5) is 0. The molecular weight excluding hydrogens is 177 g/mol. The first-order valence-electron chi connectivity index (χ1n) is 5.07. The average molecular weight is 193 g/mol. The molecule has 0 bridgehead atoms. The van der Waals surface area contributed by atoms with Crippen LogP contribution in [0.3, 0.4) is 0 Å². The van der Waals surface area contributed by atoms with Crippen LogP contribution in [-0.2, 0) is 5.41 Å². The molecule has 1 aliphatic carbocycles. The van der Waals surface area contributed by atoms with Crippen LogP contribution in [0.2, 0.25) is 0 Å². The van der Waals surface area contributed by atoms with Crippen molar-refractivity contribution < 1.29 is 4.39 Å². The molecule has 2 heteroatoms. The minimum Gasteiger partial charge on any atom is -0.319 e. The molecule has 0 spiro atoms. The van der Waals surface area contributed by atoms with Crippen molar-refractivity contribution in [1.82, 2.24) is 5.32 Å². The first kappa shape index (κ1) is 9.66. The Bertz CT molecular complexity index is 320. The second-order valence-electron chi connectivity index (χ2n) is 4.38. The molecule has 1 N–H and O–H groups in total. The monoisotopic (exact) mass is 193 g/mol. The smallest absolute Gasteiger partial charge is 0.123 e. The molecule has 0 heterocycles. The summed E-state index contributed by atoms with van der Waals surface area (Å²) in [7, 11) is 1.98. The lowest BCUT2D eigenvalue weighted by Gasteiger charge is -2.11. The van der Waals surface area contributed by atoms with Crippen LogP contribution in [0, 0.1) is 11.7 Å². The van der Waals surface area contributed by atoms with E-state index in [1.54, 1.807) is 12.1 Å². The molecule has 1 saturated carbocycles. The van der Waals surface area contributed by atoms with Gasteiger partial charge in [-0.3, -0.25) is 0 Å². The maximum atomic E-state index is 12.7. The van der Waals surface area contributed by atoms with E-state index in [2.05, 4.69) is 12.2 Å². The van der Waals surface area contributed by atoms with Crippen LogP contribution in [0.1, 0.15) is 18.9 Å². The highest BCUT2D eigenvalue weighted by Gasteiger charge is 2.50. The Morgan fingerprint density at radius 3 is 2.64 bits per heavy atom. The van der Waals surface area contributed by atoms with Gasteiger partial charge in [0.15, 0.2) is 0 Å². The van der Waals surface area contributed by atoms with Crippen LogP contribution in [0.4, 0.5) is 4.39 Å². The van der Waals surface area contributed by atoms with Crippen LogP contribution in [-0.4, -0.2) is 13.6 Å². The van der Waals surface area contributed by atoms with Gasteiger partial charge in [0.05, 0.1) is 0 Å². The van der Waals surface area contributed by atoms with Crippen molar-refractivity contribution in [2.24, 2.45) is 5.92 Å². The Hall–Kier alpha value is -0.890. The third-order valence-corrected chi connectivity index (χ3v) is 3.37. The van der Waals surface area contributed by atoms with Gasteiger partial charge in [-0.2, -0.15) is 0 Å². The molecule has 1 nitrogen and oxygen atoms in total. The van der Waals surface area contributed by atoms with Crippen molar-refractivity contribution in [2.75, 3.05) is 13.6 Å². The van der Waals surface area contributed by atoms with E-state index >= 15 is 0 Å². The summed E-state index contributed by atoms with van der Waals surface area (Å²) in [5, 5.41) is 3.19. The summed E-state index contributed by atoms with van der Waals surface area (Å²) in [6, 6.07) is 6.92. The normalized spacial score (nSPS) is 30.4. The molecule has 2 rings (SSSR count). The molecule has 0 amide bonds. The third-order valence-electron chi connectivity index (χ3n) is 3.37. The fourth-order valence-electron chi connectivity index (χ4n) is 2.18. The van der Waals surface area contributed by atoms with Crippen molar-refractivity contribution in [1.29, 1.82) is 0 Å². The molecule has 1 aromatic carbocycles. The van der Waals surface area contributed by atoms with Crippen molar-refractivity contribution in [3.63, 3.8) is 0 Å². The van der Waals surface area contributed by atoms with Gasteiger partial charge in [0.25, 0.3) is 0 Å². The predicted molar refractivity (Wildman–Crippen MR) is 55.8 cm³/mol. The van der Waals surface area contributed by atoms with E-state index in [1.165, 1.54) is 12.0 Å². The van der Waals surface area contributed by atoms with E-state index in [0.717, 1.165) is 6.54 Å². The number of hydrogen-bond donors (Lipinski definition) is 1. The minimum absolute atomic E-state index is 0.150. The van der Waals surface area contributed by atoms with Gasteiger partial charge in [-0.25, -0.2) is 4.39 Å². The largest absolute Gasteiger partial charge is 0.319 e. The Kier molecular flexibility index (Phi) is 2.31. The Morgan fingerprint density at radius 2 is 2.07 bits per heavy atom. The minimum atomic E-state index is -0.150. The van der Waals surface area contributed by atoms with E-state index < -0.39 is 0 Å². The molecule has 2 atom stereocenters. The number of halogens is 1. The second-order valence-corrected chi connectivity index (χ2v) is 4.38. The first-order valence-corrected chi connectivity index (χ1v) is 5.07. The van der Waals surface area contributed by atoms with Gasteiger partial charge >= 0.3 is 0 Å². The van der Waals surface area contributed by atoms with Crippen LogP contribution in [0.5, 0.6) is 0 Å². The summed E-state index contributed by atoms with van der Waals surface area (Å²) in [6.07, 6.45) is 1.21. The molecule has 0 saturated heterocycles. The Morgan fingerprint density at radius 1 is 1.43 bits per heavy atom. The highest BCUT2D eigenvalue weighted by Crippen LogP contribution is 2.53. The number of nitrogens with one attached hydrogen (secondary N) is 1. The van der Waals surface area contributed by atoms with Gasteiger partial charge in [0.1, 0.15) is 5.82 Å². The molecule has 0 aliphatic heterocycles. The Balaban J connectivity index is 2.13. The zero-order valence-corrected chi connectivity index (χ0v) is 8.68. The van der Waals surface area contributed by atoms with E-state index in [9.17, 15) is 4.39 Å². The van der Waals surface area contributed by atoms with Crippen LogP contribution < -0.4 is 5.32 Å². The van der Waals surface area contributed by atoms with Gasteiger partial charge < -0.3 is 5.32 Å². The predicted octanol–water partition coefficient (Wildman–Crippen LogP) is 2.32. The van der Waals surface area contributed by atoms with E-state index in [4.69, 9.17) is 0 Å². The highest BCUT2D eigenvalue weighted by molar-refractivity contribution is 5.32. The molecule has 1 aliphatic rings. The van der Waals surface area contributed by atoms with Crippen molar-refractivity contribution in [3.05, 3.63) is 35.6 Å². The van der Waals surface area contributed by atoms with Gasteiger partial charge in [-0.05, 0) is 49.0 Å². The molecular formula is C12H16FN. The summed E-state index contributed by atoms with van der Waals surface area (Å²) in [5.74, 6) is 0.557. The van der Waals surface area contributed by atoms with E-state index in [-0.39, 0.29) is 11.2 Å². The fourth-order valence-corrected chi connectivity index (χ4v) is 2.18. The topological polar surface area (TPSA) is 12.0 Å². The molecule has 0 aromatic heterocycles. The fraction of sp³-hybridized carbons (Fsp3) is 0.500. The lowest BCUT2D eigenvalue weighted by Crippen LogP contribution is -2.15. The number of hydrogen-bond acceptors (Lipinski definition) is 1. The highest BCUT2D eigenvalue weighted by atomic mass is 19.1. The van der Waals surface area contributed by atoms with Gasteiger partial charge in [-0.15, -0.1) is 0 Å².